The first-order valence-electron chi connectivity index (χ1n) is 9.91. The molecule has 1 heterocycles. The molecule has 1 N–H and O–H groups in total. The van der Waals surface area contributed by atoms with E-state index in [1.54, 1.807) is 12.1 Å². The Morgan fingerprint density at radius 1 is 0.880 bits per heavy atom. The van der Waals surface area contributed by atoms with Crippen LogP contribution in [-0.2, 0) is 0 Å². The van der Waals surface area contributed by atoms with Crippen LogP contribution in [0, 0.1) is 0 Å². The molecule has 4 heteroatoms. The van der Waals surface area contributed by atoms with Crippen LogP contribution in [0.3, 0.4) is 0 Å². The van der Waals surface area contributed by atoms with Gasteiger partial charge in [0.1, 0.15) is 0 Å². The molecule has 25 heavy (non-hydrogen) atoms. The van der Waals surface area contributed by atoms with Crippen molar-refractivity contribution >= 4 is 22.2 Å². The van der Waals surface area contributed by atoms with E-state index in [0.29, 0.717) is 0 Å². The summed E-state index contributed by atoms with van der Waals surface area (Å²) in [5.74, 6) is 0.287. The van der Waals surface area contributed by atoms with Gasteiger partial charge in [-0.25, -0.2) is 0 Å². The Balaban J connectivity index is 2.32. The summed E-state index contributed by atoms with van der Waals surface area (Å²) in [7, 11) is 0. The molecular weight excluding hydrogens is 417 g/mol. The molecule has 3 nitrogen and oxygen atoms in total. The van der Waals surface area contributed by atoms with Gasteiger partial charge in [0.2, 0.25) is 0 Å². The topological polar surface area (TPSA) is 46.3 Å². The number of aromatic hydroxyl groups is 1. The van der Waals surface area contributed by atoms with Crippen molar-refractivity contribution in [2.45, 2.75) is 72.6 Å². The van der Waals surface area contributed by atoms with Crippen molar-refractivity contribution in [3.63, 3.8) is 0 Å². The molecule has 138 valence electrons. The molecule has 0 fully saturated rings. The number of phenolic OH excluding ortho intramolecular Hbond substituents is 1. The van der Waals surface area contributed by atoms with Gasteiger partial charge in [-0.1, -0.05) is 0 Å². The third-order valence-corrected chi connectivity index (χ3v) is 20.1. The fraction of sp³-hybridized carbons (Fsp3) is 0.571. The Labute approximate surface area is 156 Å². The Kier molecular flexibility index (Phi) is 8.34. The van der Waals surface area contributed by atoms with Crippen LogP contribution in [0.5, 0.6) is 5.75 Å². The fourth-order valence-corrected chi connectivity index (χ4v) is 18.6. The molecular formula is C21H33NO2Sn. The van der Waals surface area contributed by atoms with E-state index >= 15 is 0 Å². The zero-order valence-electron chi connectivity index (χ0n) is 16.1. The van der Waals surface area contributed by atoms with Gasteiger partial charge in [0.25, 0.3) is 0 Å². The summed E-state index contributed by atoms with van der Waals surface area (Å²) in [6, 6.07) is 9.48. The second-order valence-corrected chi connectivity index (χ2v) is 20.2. The molecule has 1 aromatic heterocycles. The second kappa shape index (κ2) is 10.2. The van der Waals surface area contributed by atoms with Crippen molar-refractivity contribution in [1.82, 2.24) is 5.16 Å². The molecule has 0 unspecified atom stereocenters. The fourth-order valence-electron chi connectivity index (χ4n) is 3.58. The van der Waals surface area contributed by atoms with E-state index in [2.05, 4.69) is 32.0 Å². The van der Waals surface area contributed by atoms with E-state index in [1.807, 2.05) is 12.1 Å². The van der Waals surface area contributed by atoms with E-state index in [9.17, 15) is 5.11 Å². The Morgan fingerprint density at radius 3 is 1.88 bits per heavy atom. The van der Waals surface area contributed by atoms with Crippen molar-refractivity contribution < 1.29 is 9.63 Å². The summed E-state index contributed by atoms with van der Waals surface area (Å²) in [5.41, 5.74) is 1.94. The van der Waals surface area contributed by atoms with Gasteiger partial charge >= 0.3 is 157 Å². The van der Waals surface area contributed by atoms with Crippen LogP contribution in [0.4, 0.5) is 0 Å². The summed E-state index contributed by atoms with van der Waals surface area (Å²) >= 11 is -2.53. The Hall–Kier alpha value is -0.971. The second-order valence-electron chi connectivity index (χ2n) is 7.21. The molecule has 0 aliphatic carbocycles. The van der Waals surface area contributed by atoms with Gasteiger partial charge in [-0.05, 0) is 0 Å². The van der Waals surface area contributed by atoms with Gasteiger partial charge in [0.15, 0.2) is 0 Å². The van der Waals surface area contributed by atoms with Gasteiger partial charge < -0.3 is 0 Å². The third-order valence-electron chi connectivity index (χ3n) is 5.22. The number of hydrogen-bond donors (Lipinski definition) is 1. The molecule has 0 aliphatic rings. The average Bonchev–Trinajstić information content (AvgIpc) is 3.13. The van der Waals surface area contributed by atoms with Crippen LogP contribution in [0.25, 0.3) is 11.3 Å². The molecule has 2 aromatic rings. The first kappa shape index (κ1) is 20.3. The summed E-state index contributed by atoms with van der Waals surface area (Å²) in [5, 5.41) is 13.9. The quantitative estimate of drug-likeness (QED) is 0.421. The summed E-state index contributed by atoms with van der Waals surface area (Å²) < 4.78 is 11.4. The average molecular weight is 450 g/mol. The van der Waals surface area contributed by atoms with Crippen molar-refractivity contribution in [1.29, 1.82) is 0 Å². The minimum atomic E-state index is -2.53. The summed E-state index contributed by atoms with van der Waals surface area (Å²) in [6.07, 6.45) is 7.73. The van der Waals surface area contributed by atoms with Crippen LogP contribution in [0.1, 0.15) is 59.3 Å². The zero-order chi connectivity index (χ0) is 18.1. The maximum atomic E-state index is 9.50. The van der Waals surface area contributed by atoms with E-state index in [1.165, 1.54) is 55.6 Å². The summed E-state index contributed by atoms with van der Waals surface area (Å²) in [4.78, 5) is 0. The molecule has 0 atom stereocenters. The van der Waals surface area contributed by atoms with Crippen molar-refractivity contribution in [3.8, 4) is 17.0 Å². The number of benzene rings is 1. The van der Waals surface area contributed by atoms with Crippen molar-refractivity contribution in [2.24, 2.45) is 0 Å². The molecule has 1 aromatic carbocycles. The SMILES string of the molecule is CCC[CH2][Sn]([CH2]CCC)([CH2]CCC)[c]1cc(-c2ccc(O)cc2)no1. The first-order chi connectivity index (χ1) is 12.1. The predicted molar refractivity (Wildman–Crippen MR) is 108 cm³/mol. The third kappa shape index (κ3) is 5.50. The van der Waals surface area contributed by atoms with Crippen LogP contribution in [0.15, 0.2) is 34.9 Å². The van der Waals surface area contributed by atoms with Crippen molar-refractivity contribution in [3.05, 3.63) is 30.3 Å². The molecule has 0 radical (unpaired) electrons. The molecule has 0 saturated heterocycles. The Bertz CT molecular complexity index is 599. The van der Waals surface area contributed by atoms with Gasteiger partial charge in [-0.15, -0.1) is 0 Å². The molecule has 2 rings (SSSR count). The van der Waals surface area contributed by atoms with Gasteiger partial charge in [-0.3, -0.25) is 0 Å². The number of nitrogens with zero attached hydrogens (tertiary/aromatic N) is 1. The predicted octanol–water partition coefficient (Wildman–Crippen LogP) is 6.10. The first-order valence-corrected chi connectivity index (χ1v) is 17.4. The number of aromatic nitrogens is 1. The standard InChI is InChI=1S/C9H6NO2.3C4H9.Sn/c11-8-3-1-7(2-4-8)9-5-6-12-10-9;3*1-3-4-2;/h1-5,11H;3*1,3-4H2,2H3;. The van der Waals surface area contributed by atoms with Crippen LogP contribution in [-0.4, -0.2) is 28.6 Å². The van der Waals surface area contributed by atoms with Crippen LogP contribution in [0.2, 0.25) is 13.3 Å². The molecule has 0 saturated carbocycles. The Morgan fingerprint density at radius 2 is 1.40 bits per heavy atom. The van der Waals surface area contributed by atoms with E-state index in [-0.39, 0.29) is 5.75 Å². The monoisotopic (exact) mass is 451 g/mol. The molecule has 0 aliphatic heterocycles. The molecule has 0 amide bonds. The summed E-state index contributed by atoms with van der Waals surface area (Å²) in [6.45, 7) is 6.87. The van der Waals surface area contributed by atoms with Crippen LogP contribution < -0.4 is 3.78 Å². The number of rotatable bonds is 11. The zero-order valence-corrected chi connectivity index (χ0v) is 18.9. The van der Waals surface area contributed by atoms with Crippen molar-refractivity contribution in [2.75, 3.05) is 0 Å². The van der Waals surface area contributed by atoms with E-state index < -0.39 is 18.4 Å². The molecule has 0 spiro atoms. The maximum absolute atomic E-state index is 9.50. The van der Waals surface area contributed by atoms with Crippen LogP contribution >= 0.6 is 0 Å². The minimum absolute atomic E-state index is 0.287. The normalized spacial score (nSPS) is 11.8. The number of unbranched alkanes of at least 4 members (excludes halogenated alkanes) is 3. The van der Waals surface area contributed by atoms with Gasteiger partial charge in [0.05, 0.1) is 0 Å². The number of phenols is 1. The van der Waals surface area contributed by atoms with E-state index in [4.69, 9.17) is 4.52 Å². The number of hydrogen-bond acceptors (Lipinski definition) is 3. The molecule has 0 bridgehead atoms. The van der Waals surface area contributed by atoms with E-state index in [0.717, 1.165) is 11.3 Å². The van der Waals surface area contributed by atoms with Gasteiger partial charge in [0, 0.05) is 0 Å². The van der Waals surface area contributed by atoms with Gasteiger partial charge in [-0.2, -0.15) is 0 Å².